The SMILES string of the molecule is COc1ccc(-c2nn(-c3ccccc3)cc2/C=C(\C#N)C(=O)N[C@H]2CCS(=O)(=O)C2)c(C)c1. The van der Waals surface area contributed by atoms with Crippen LogP contribution in [0.5, 0.6) is 5.75 Å². The Balaban J connectivity index is 1.74. The smallest absolute Gasteiger partial charge is 0.262 e. The van der Waals surface area contributed by atoms with Crippen LogP contribution >= 0.6 is 0 Å². The van der Waals surface area contributed by atoms with Gasteiger partial charge in [0.15, 0.2) is 9.84 Å². The van der Waals surface area contributed by atoms with Crippen LogP contribution < -0.4 is 10.1 Å². The van der Waals surface area contributed by atoms with E-state index in [4.69, 9.17) is 9.84 Å². The highest BCUT2D eigenvalue weighted by Gasteiger charge is 2.29. The number of hydrogen-bond donors (Lipinski definition) is 1. The fourth-order valence-electron chi connectivity index (χ4n) is 3.92. The van der Waals surface area contributed by atoms with Crippen LogP contribution in [0.2, 0.25) is 0 Å². The number of benzene rings is 2. The van der Waals surface area contributed by atoms with Gasteiger partial charge in [0.05, 0.1) is 24.3 Å². The van der Waals surface area contributed by atoms with Crippen molar-refractivity contribution in [3.8, 4) is 28.8 Å². The van der Waals surface area contributed by atoms with E-state index >= 15 is 0 Å². The first-order valence-electron chi connectivity index (χ1n) is 10.7. The number of nitrogens with zero attached hydrogens (tertiary/aromatic N) is 3. The highest BCUT2D eigenvalue weighted by Crippen LogP contribution is 2.30. The zero-order valence-corrected chi connectivity index (χ0v) is 19.7. The summed E-state index contributed by atoms with van der Waals surface area (Å²) in [6.07, 6.45) is 3.60. The van der Waals surface area contributed by atoms with Crippen molar-refractivity contribution in [3.63, 3.8) is 0 Å². The van der Waals surface area contributed by atoms with Crippen molar-refractivity contribution < 1.29 is 17.9 Å². The van der Waals surface area contributed by atoms with Crippen LogP contribution in [0, 0.1) is 18.3 Å². The number of carbonyl (C=O) groups is 1. The summed E-state index contributed by atoms with van der Waals surface area (Å²) in [4.78, 5) is 12.8. The summed E-state index contributed by atoms with van der Waals surface area (Å²) < 4.78 is 30.4. The summed E-state index contributed by atoms with van der Waals surface area (Å²) in [7, 11) is -1.56. The van der Waals surface area contributed by atoms with Gasteiger partial charge in [-0.05, 0) is 55.3 Å². The Hall–Kier alpha value is -3.90. The second-order valence-electron chi connectivity index (χ2n) is 8.14. The Labute approximate surface area is 198 Å². The summed E-state index contributed by atoms with van der Waals surface area (Å²) in [6.45, 7) is 1.94. The fraction of sp³-hybridized carbons (Fsp3) is 0.240. The van der Waals surface area contributed by atoms with E-state index in [1.54, 1.807) is 18.0 Å². The van der Waals surface area contributed by atoms with Gasteiger partial charge < -0.3 is 10.1 Å². The van der Waals surface area contributed by atoms with Crippen molar-refractivity contribution >= 4 is 21.8 Å². The summed E-state index contributed by atoms with van der Waals surface area (Å²) >= 11 is 0. The van der Waals surface area contributed by atoms with Gasteiger partial charge in [-0.25, -0.2) is 13.1 Å². The molecule has 9 heteroatoms. The molecule has 1 aliphatic rings. The predicted molar refractivity (Wildman–Crippen MR) is 129 cm³/mol. The van der Waals surface area contributed by atoms with E-state index in [0.717, 1.165) is 16.8 Å². The summed E-state index contributed by atoms with van der Waals surface area (Å²) in [5.74, 6) is 0.0347. The minimum Gasteiger partial charge on any atom is -0.497 e. The molecule has 0 saturated carbocycles. The summed E-state index contributed by atoms with van der Waals surface area (Å²) in [5.41, 5.74) is 3.65. The van der Waals surface area contributed by atoms with Crippen LogP contribution in [-0.2, 0) is 14.6 Å². The van der Waals surface area contributed by atoms with Crippen LogP contribution in [0.1, 0.15) is 17.5 Å². The minimum absolute atomic E-state index is 0.0360. The van der Waals surface area contributed by atoms with E-state index in [0.29, 0.717) is 23.4 Å². The average molecular weight is 477 g/mol. The number of para-hydroxylation sites is 1. The molecule has 2 aromatic carbocycles. The maximum atomic E-state index is 12.8. The number of ether oxygens (including phenoxy) is 1. The maximum Gasteiger partial charge on any atom is 0.262 e. The van der Waals surface area contributed by atoms with Crippen molar-refractivity contribution in [2.75, 3.05) is 18.6 Å². The molecular formula is C25H24N4O4S. The molecule has 34 heavy (non-hydrogen) atoms. The number of rotatable bonds is 6. The first kappa shape index (κ1) is 23.3. The topological polar surface area (TPSA) is 114 Å². The second kappa shape index (κ2) is 9.53. The molecule has 1 fully saturated rings. The van der Waals surface area contributed by atoms with Crippen LogP contribution in [0.25, 0.3) is 23.0 Å². The lowest BCUT2D eigenvalue weighted by molar-refractivity contribution is -0.117. The van der Waals surface area contributed by atoms with Crippen molar-refractivity contribution in [1.82, 2.24) is 15.1 Å². The molecule has 2 heterocycles. The molecule has 174 valence electrons. The monoisotopic (exact) mass is 476 g/mol. The van der Waals surface area contributed by atoms with Crippen LogP contribution in [-0.4, -0.2) is 48.8 Å². The van der Waals surface area contributed by atoms with Gasteiger partial charge in [0.1, 0.15) is 23.1 Å². The van der Waals surface area contributed by atoms with E-state index in [-0.39, 0.29) is 17.1 Å². The number of sulfone groups is 1. The number of nitriles is 1. The molecule has 1 aliphatic heterocycles. The number of carbonyl (C=O) groups excluding carboxylic acids is 1. The first-order valence-corrected chi connectivity index (χ1v) is 12.5. The number of amides is 1. The largest absolute Gasteiger partial charge is 0.497 e. The minimum atomic E-state index is -3.15. The number of hydrogen-bond acceptors (Lipinski definition) is 6. The molecule has 0 radical (unpaired) electrons. The van der Waals surface area contributed by atoms with Crippen molar-refractivity contribution in [3.05, 3.63) is 71.4 Å². The first-order chi connectivity index (χ1) is 16.3. The zero-order chi connectivity index (χ0) is 24.3. The fourth-order valence-corrected chi connectivity index (χ4v) is 5.59. The number of aryl methyl sites for hydroxylation is 1. The Kier molecular flexibility index (Phi) is 6.52. The zero-order valence-electron chi connectivity index (χ0n) is 18.9. The lowest BCUT2D eigenvalue weighted by atomic mass is 10.0. The molecular weight excluding hydrogens is 452 g/mol. The van der Waals surface area contributed by atoms with Gasteiger partial charge in [0, 0.05) is 23.4 Å². The van der Waals surface area contributed by atoms with Gasteiger partial charge in [0.2, 0.25) is 0 Å². The summed E-state index contributed by atoms with van der Waals surface area (Å²) in [5, 5.41) is 17.1. The molecule has 0 aliphatic carbocycles. The molecule has 4 rings (SSSR count). The Morgan fingerprint density at radius 1 is 1.26 bits per heavy atom. The number of methoxy groups -OCH3 is 1. The normalized spacial score (nSPS) is 17.2. The molecule has 0 spiro atoms. The van der Waals surface area contributed by atoms with Gasteiger partial charge >= 0.3 is 0 Å². The molecule has 1 amide bonds. The Bertz CT molecular complexity index is 1400. The Morgan fingerprint density at radius 2 is 2.03 bits per heavy atom. The van der Waals surface area contributed by atoms with E-state index in [1.165, 1.54) is 6.08 Å². The van der Waals surface area contributed by atoms with E-state index in [1.807, 2.05) is 61.5 Å². The molecule has 3 aromatic rings. The second-order valence-corrected chi connectivity index (χ2v) is 10.4. The van der Waals surface area contributed by atoms with Crippen molar-refractivity contribution in [1.29, 1.82) is 5.26 Å². The van der Waals surface area contributed by atoms with E-state index in [2.05, 4.69) is 5.32 Å². The van der Waals surface area contributed by atoms with Gasteiger partial charge in [-0.3, -0.25) is 4.79 Å². The van der Waals surface area contributed by atoms with Gasteiger partial charge in [-0.15, -0.1) is 0 Å². The molecule has 1 aromatic heterocycles. The van der Waals surface area contributed by atoms with Crippen LogP contribution in [0.15, 0.2) is 60.3 Å². The molecule has 1 saturated heterocycles. The molecule has 8 nitrogen and oxygen atoms in total. The quantitative estimate of drug-likeness (QED) is 0.432. The number of nitrogens with one attached hydrogen (secondary N) is 1. The molecule has 1 atom stereocenters. The highest BCUT2D eigenvalue weighted by molar-refractivity contribution is 7.91. The van der Waals surface area contributed by atoms with Gasteiger partial charge in [-0.2, -0.15) is 10.4 Å². The predicted octanol–water partition coefficient (Wildman–Crippen LogP) is 3.07. The highest BCUT2D eigenvalue weighted by atomic mass is 32.2. The van der Waals surface area contributed by atoms with Crippen molar-refractivity contribution in [2.45, 2.75) is 19.4 Å². The van der Waals surface area contributed by atoms with Gasteiger partial charge in [0.25, 0.3) is 5.91 Å². The molecule has 0 bridgehead atoms. The lowest BCUT2D eigenvalue weighted by Crippen LogP contribution is -2.36. The lowest BCUT2D eigenvalue weighted by Gasteiger charge is -2.10. The maximum absolute atomic E-state index is 12.8. The van der Waals surface area contributed by atoms with Crippen molar-refractivity contribution in [2.24, 2.45) is 0 Å². The average Bonchev–Trinajstić information content (AvgIpc) is 3.40. The Morgan fingerprint density at radius 3 is 2.65 bits per heavy atom. The third kappa shape index (κ3) is 5.02. The third-order valence-electron chi connectivity index (χ3n) is 5.68. The summed E-state index contributed by atoms with van der Waals surface area (Å²) in [6, 6.07) is 16.6. The van der Waals surface area contributed by atoms with Crippen LogP contribution in [0.3, 0.4) is 0 Å². The van der Waals surface area contributed by atoms with Gasteiger partial charge in [-0.1, -0.05) is 18.2 Å². The third-order valence-corrected chi connectivity index (χ3v) is 7.45. The van der Waals surface area contributed by atoms with Crippen LogP contribution in [0.4, 0.5) is 0 Å². The van der Waals surface area contributed by atoms with E-state index in [9.17, 15) is 18.5 Å². The molecule has 1 N–H and O–H groups in total. The van der Waals surface area contributed by atoms with E-state index < -0.39 is 21.8 Å². The number of aromatic nitrogens is 2. The standard InChI is InChI=1S/C25H24N4O4S/c1-17-12-22(33-2)8-9-23(17)24-19(15-29(28-24)21-6-4-3-5-7-21)13-18(14-26)25(30)27-20-10-11-34(31,32)16-20/h3-9,12-13,15,20H,10-11,16H2,1-2H3,(H,27,30)/b18-13+/t20-/m0/s1. The molecule has 0 unspecified atom stereocenters.